The van der Waals surface area contributed by atoms with Gasteiger partial charge >= 0.3 is 5.97 Å². The quantitative estimate of drug-likeness (QED) is 0.807. The molecular formula is C13H13NO3. The molecule has 4 nitrogen and oxygen atoms in total. The van der Waals surface area contributed by atoms with Crippen LogP contribution in [0, 0.1) is 13.8 Å². The molecule has 0 unspecified atom stereocenters. The highest BCUT2D eigenvalue weighted by Gasteiger charge is 2.18. The molecule has 1 N–H and O–H groups in total. The van der Waals surface area contributed by atoms with Crippen LogP contribution < -0.4 is 0 Å². The zero-order valence-electron chi connectivity index (χ0n) is 9.94. The van der Waals surface area contributed by atoms with Gasteiger partial charge in [-0.25, -0.2) is 4.79 Å². The van der Waals surface area contributed by atoms with Crippen LogP contribution in [0.5, 0.6) is 0 Å². The fourth-order valence-corrected chi connectivity index (χ4v) is 2.20. The molecule has 0 amide bonds. The largest absolute Gasteiger partial charge is 0.478 e. The SMILES string of the molecule is Cc1cc(C(=O)O)c2c(c1)c(C=O)c(C)n2C. The fraction of sp³-hybridized carbons (Fsp3) is 0.231. The molecule has 17 heavy (non-hydrogen) atoms. The molecular weight excluding hydrogens is 218 g/mol. The second-order valence-corrected chi connectivity index (χ2v) is 4.19. The minimum atomic E-state index is -0.975. The van der Waals surface area contributed by atoms with E-state index in [-0.39, 0.29) is 5.56 Å². The van der Waals surface area contributed by atoms with Gasteiger partial charge in [-0.05, 0) is 31.5 Å². The zero-order valence-corrected chi connectivity index (χ0v) is 9.94. The summed E-state index contributed by atoms with van der Waals surface area (Å²) in [6.07, 6.45) is 0.780. The maximum atomic E-state index is 11.2. The number of aryl methyl sites for hydroxylation is 2. The van der Waals surface area contributed by atoms with Gasteiger partial charge in [0.2, 0.25) is 0 Å². The van der Waals surface area contributed by atoms with Gasteiger partial charge in [-0.1, -0.05) is 0 Å². The van der Waals surface area contributed by atoms with E-state index in [9.17, 15) is 14.7 Å². The number of nitrogens with zero attached hydrogens (tertiary/aromatic N) is 1. The first-order chi connectivity index (χ1) is 7.97. The third-order valence-electron chi connectivity index (χ3n) is 3.12. The second kappa shape index (κ2) is 3.73. The van der Waals surface area contributed by atoms with Gasteiger partial charge in [0.05, 0.1) is 11.1 Å². The number of aldehydes is 1. The molecule has 0 bridgehead atoms. The molecule has 2 rings (SSSR count). The first kappa shape index (κ1) is 11.4. The molecule has 2 aromatic rings. The van der Waals surface area contributed by atoms with E-state index in [1.54, 1.807) is 17.7 Å². The van der Waals surface area contributed by atoms with Crippen LogP contribution in [-0.4, -0.2) is 21.9 Å². The average Bonchev–Trinajstić information content (AvgIpc) is 2.50. The van der Waals surface area contributed by atoms with Gasteiger partial charge < -0.3 is 9.67 Å². The van der Waals surface area contributed by atoms with Crippen LogP contribution >= 0.6 is 0 Å². The Balaban J connectivity index is 3.04. The molecule has 88 valence electrons. The van der Waals surface area contributed by atoms with Crippen LogP contribution in [0.1, 0.15) is 32.0 Å². The second-order valence-electron chi connectivity index (χ2n) is 4.19. The summed E-state index contributed by atoms with van der Waals surface area (Å²) in [6, 6.07) is 3.47. The van der Waals surface area contributed by atoms with Crippen LogP contribution in [-0.2, 0) is 7.05 Å². The number of rotatable bonds is 2. The highest BCUT2D eigenvalue weighted by atomic mass is 16.4. The van der Waals surface area contributed by atoms with E-state index in [0.717, 1.165) is 17.5 Å². The van der Waals surface area contributed by atoms with E-state index in [0.29, 0.717) is 16.5 Å². The Morgan fingerprint density at radius 2 is 2.00 bits per heavy atom. The number of carboxylic acid groups (broad SMARTS) is 1. The predicted molar refractivity (Wildman–Crippen MR) is 64.7 cm³/mol. The molecule has 0 saturated carbocycles. The van der Waals surface area contributed by atoms with E-state index in [2.05, 4.69) is 0 Å². The van der Waals surface area contributed by atoms with Crippen molar-refractivity contribution < 1.29 is 14.7 Å². The van der Waals surface area contributed by atoms with Crippen LogP contribution in [0.25, 0.3) is 10.9 Å². The van der Waals surface area contributed by atoms with Gasteiger partial charge in [0.15, 0.2) is 6.29 Å². The molecule has 0 fully saturated rings. The van der Waals surface area contributed by atoms with Gasteiger partial charge in [-0.2, -0.15) is 0 Å². The summed E-state index contributed by atoms with van der Waals surface area (Å²) in [5, 5.41) is 9.91. The predicted octanol–water partition coefficient (Wildman–Crippen LogP) is 2.31. The van der Waals surface area contributed by atoms with Gasteiger partial charge in [0, 0.05) is 23.7 Å². The Morgan fingerprint density at radius 1 is 1.35 bits per heavy atom. The Kier molecular flexibility index (Phi) is 2.50. The Labute approximate surface area is 98.5 Å². The molecule has 0 radical (unpaired) electrons. The first-order valence-electron chi connectivity index (χ1n) is 5.25. The number of carbonyl (C=O) groups excluding carboxylic acids is 1. The Bertz CT molecular complexity index is 638. The molecule has 0 aliphatic rings. The molecule has 1 aromatic heterocycles. The maximum Gasteiger partial charge on any atom is 0.337 e. The zero-order chi connectivity index (χ0) is 12.7. The van der Waals surface area contributed by atoms with Gasteiger partial charge in [0.1, 0.15) is 0 Å². The first-order valence-corrected chi connectivity index (χ1v) is 5.25. The van der Waals surface area contributed by atoms with Crippen molar-refractivity contribution in [3.05, 3.63) is 34.5 Å². The van der Waals surface area contributed by atoms with Crippen LogP contribution in [0.4, 0.5) is 0 Å². The summed E-state index contributed by atoms with van der Waals surface area (Å²) in [5.41, 5.74) is 3.02. The molecule has 1 heterocycles. The molecule has 4 heteroatoms. The van der Waals surface area contributed by atoms with Crippen LogP contribution in [0.3, 0.4) is 0 Å². The van der Waals surface area contributed by atoms with Crippen molar-refractivity contribution in [3.8, 4) is 0 Å². The van der Waals surface area contributed by atoms with Crippen molar-refractivity contribution in [2.45, 2.75) is 13.8 Å². The lowest BCUT2D eigenvalue weighted by molar-refractivity contribution is 0.0698. The van der Waals surface area contributed by atoms with Gasteiger partial charge in [-0.3, -0.25) is 4.79 Å². The minimum absolute atomic E-state index is 0.235. The lowest BCUT2D eigenvalue weighted by atomic mass is 10.0. The number of hydrogen-bond acceptors (Lipinski definition) is 2. The molecule has 0 saturated heterocycles. The lowest BCUT2D eigenvalue weighted by Gasteiger charge is -2.04. The summed E-state index contributed by atoms with van der Waals surface area (Å²) < 4.78 is 1.75. The Hall–Kier alpha value is -2.10. The molecule has 0 atom stereocenters. The lowest BCUT2D eigenvalue weighted by Crippen LogP contribution is -2.02. The summed E-state index contributed by atoms with van der Waals surface area (Å²) in [5.74, 6) is -0.975. The van der Waals surface area contributed by atoms with Crippen molar-refractivity contribution in [1.29, 1.82) is 0 Å². The molecule has 1 aromatic carbocycles. The summed E-state index contributed by atoms with van der Waals surface area (Å²) in [7, 11) is 1.77. The standard InChI is InChI=1S/C13H13NO3/c1-7-4-9-11(6-15)8(2)14(3)12(9)10(5-7)13(16)17/h4-6H,1-3H3,(H,16,17). The van der Waals surface area contributed by atoms with Crippen molar-refractivity contribution >= 4 is 23.2 Å². The Morgan fingerprint density at radius 3 is 2.53 bits per heavy atom. The number of aromatic nitrogens is 1. The highest BCUT2D eigenvalue weighted by Crippen LogP contribution is 2.28. The number of benzene rings is 1. The van der Waals surface area contributed by atoms with E-state index in [1.807, 2.05) is 19.9 Å². The fourth-order valence-electron chi connectivity index (χ4n) is 2.20. The van der Waals surface area contributed by atoms with Crippen LogP contribution in [0.2, 0.25) is 0 Å². The normalized spacial score (nSPS) is 10.8. The topological polar surface area (TPSA) is 59.3 Å². The summed E-state index contributed by atoms with van der Waals surface area (Å²) in [6.45, 7) is 3.63. The molecule has 0 aliphatic carbocycles. The van der Waals surface area contributed by atoms with E-state index < -0.39 is 5.97 Å². The maximum absolute atomic E-state index is 11.2. The monoisotopic (exact) mass is 231 g/mol. The van der Waals surface area contributed by atoms with E-state index in [4.69, 9.17) is 0 Å². The molecule has 0 spiro atoms. The van der Waals surface area contributed by atoms with Crippen molar-refractivity contribution in [2.24, 2.45) is 7.05 Å². The number of carbonyl (C=O) groups is 2. The summed E-state index contributed by atoms with van der Waals surface area (Å²) >= 11 is 0. The van der Waals surface area contributed by atoms with Gasteiger partial charge in [-0.15, -0.1) is 0 Å². The van der Waals surface area contributed by atoms with E-state index in [1.165, 1.54) is 0 Å². The highest BCUT2D eigenvalue weighted by molar-refractivity contribution is 6.08. The third-order valence-corrected chi connectivity index (χ3v) is 3.12. The van der Waals surface area contributed by atoms with Crippen LogP contribution in [0.15, 0.2) is 12.1 Å². The summed E-state index contributed by atoms with van der Waals surface area (Å²) in [4.78, 5) is 22.3. The number of fused-ring (bicyclic) bond motifs is 1. The van der Waals surface area contributed by atoms with Gasteiger partial charge in [0.25, 0.3) is 0 Å². The number of aromatic carboxylic acids is 1. The third kappa shape index (κ3) is 1.53. The van der Waals surface area contributed by atoms with Crippen molar-refractivity contribution in [1.82, 2.24) is 4.57 Å². The minimum Gasteiger partial charge on any atom is -0.478 e. The van der Waals surface area contributed by atoms with Crippen molar-refractivity contribution in [2.75, 3.05) is 0 Å². The smallest absolute Gasteiger partial charge is 0.337 e. The number of carboxylic acids is 1. The van der Waals surface area contributed by atoms with Crippen molar-refractivity contribution in [3.63, 3.8) is 0 Å². The average molecular weight is 231 g/mol. The van der Waals surface area contributed by atoms with E-state index >= 15 is 0 Å². The molecule has 0 aliphatic heterocycles. The number of hydrogen-bond donors (Lipinski definition) is 1.